The third-order valence-electron chi connectivity index (χ3n) is 5.47. The highest BCUT2D eigenvalue weighted by atomic mass is 127. The van der Waals surface area contributed by atoms with Gasteiger partial charge in [-0.2, -0.15) is 0 Å². The van der Waals surface area contributed by atoms with Gasteiger partial charge in [0.05, 0.1) is 13.2 Å². The van der Waals surface area contributed by atoms with Crippen LogP contribution in [0.25, 0.3) is 10.9 Å². The zero-order chi connectivity index (χ0) is 19.8. The standard InChI is InChI=1S/C22H35N5O.HI/c1-4-18-6-5-7-20-19(15-25-21(18)20)8-9-24-22(23-3)26-14-17(2)16-27-10-12-28-13-11-27;/h5-7,15,17,25H,4,8-14,16H2,1-3H3,(H2,23,24,26);1H. The normalized spacial score (nSPS) is 16.4. The zero-order valence-corrected chi connectivity index (χ0v) is 20.3. The Labute approximate surface area is 191 Å². The summed E-state index contributed by atoms with van der Waals surface area (Å²) in [5.41, 5.74) is 4.01. The maximum atomic E-state index is 5.42. The van der Waals surface area contributed by atoms with Gasteiger partial charge in [-0.1, -0.05) is 32.0 Å². The molecule has 1 aromatic heterocycles. The minimum atomic E-state index is 0. The van der Waals surface area contributed by atoms with E-state index in [1.807, 2.05) is 7.05 Å². The van der Waals surface area contributed by atoms with E-state index in [4.69, 9.17) is 4.74 Å². The minimum Gasteiger partial charge on any atom is -0.379 e. The quantitative estimate of drug-likeness (QED) is 0.289. The number of aromatic amines is 1. The number of aromatic nitrogens is 1. The van der Waals surface area contributed by atoms with Crippen LogP contribution < -0.4 is 10.6 Å². The first kappa shape index (κ1) is 24.0. The Morgan fingerprint density at radius 2 is 2.03 bits per heavy atom. The van der Waals surface area contributed by atoms with E-state index >= 15 is 0 Å². The first-order chi connectivity index (χ1) is 13.7. The van der Waals surface area contributed by atoms with Gasteiger partial charge in [-0.15, -0.1) is 24.0 Å². The molecule has 7 heteroatoms. The number of nitrogens with zero attached hydrogens (tertiary/aromatic N) is 2. The van der Waals surface area contributed by atoms with E-state index in [1.165, 1.54) is 22.0 Å². The summed E-state index contributed by atoms with van der Waals surface area (Å²) in [5.74, 6) is 1.45. The fraction of sp³-hybridized carbons (Fsp3) is 0.591. The second-order valence-corrected chi connectivity index (χ2v) is 7.66. The van der Waals surface area contributed by atoms with E-state index in [0.717, 1.165) is 64.7 Å². The Morgan fingerprint density at radius 1 is 1.24 bits per heavy atom. The largest absolute Gasteiger partial charge is 0.379 e. The van der Waals surface area contributed by atoms with Crippen molar-refractivity contribution in [2.75, 3.05) is 53.0 Å². The molecule has 6 nitrogen and oxygen atoms in total. The summed E-state index contributed by atoms with van der Waals surface area (Å²) in [5, 5.41) is 8.26. The molecule has 1 unspecified atom stereocenters. The fourth-order valence-corrected chi connectivity index (χ4v) is 3.87. The monoisotopic (exact) mass is 513 g/mol. The van der Waals surface area contributed by atoms with Crippen LogP contribution in [0.15, 0.2) is 29.4 Å². The molecule has 1 aromatic carbocycles. The Hall–Kier alpha value is -1.32. The van der Waals surface area contributed by atoms with Gasteiger partial charge in [0.2, 0.25) is 0 Å². The molecule has 3 N–H and O–H groups in total. The summed E-state index contributed by atoms with van der Waals surface area (Å²) < 4.78 is 5.42. The van der Waals surface area contributed by atoms with Crippen molar-refractivity contribution in [3.8, 4) is 0 Å². The molecule has 29 heavy (non-hydrogen) atoms. The van der Waals surface area contributed by atoms with Gasteiger partial charge < -0.3 is 20.4 Å². The molecular formula is C22H36IN5O. The van der Waals surface area contributed by atoms with Crippen LogP contribution in [0.4, 0.5) is 0 Å². The summed E-state index contributed by atoms with van der Waals surface area (Å²) in [7, 11) is 1.83. The maximum absolute atomic E-state index is 5.42. The molecule has 3 rings (SSSR count). The van der Waals surface area contributed by atoms with Gasteiger partial charge in [-0.05, 0) is 29.9 Å². The Kier molecular flexibility index (Phi) is 10.2. The number of para-hydroxylation sites is 1. The molecular weight excluding hydrogens is 477 g/mol. The molecule has 0 aliphatic carbocycles. The highest BCUT2D eigenvalue weighted by Crippen LogP contribution is 2.22. The van der Waals surface area contributed by atoms with E-state index in [9.17, 15) is 0 Å². The average Bonchev–Trinajstić information content (AvgIpc) is 3.14. The zero-order valence-electron chi connectivity index (χ0n) is 18.0. The van der Waals surface area contributed by atoms with Crippen molar-refractivity contribution in [2.45, 2.75) is 26.7 Å². The van der Waals surface area contributed by atoms with Crippen LogP contribution in [0, 0.1) is 5.92 Å². The van der Waals surface area contributed by atoms with Crippen molar-refractivity contribution >= 4 is 40.8 Å². The molecule has 162 valence electrons. The van der Waals surface area contributed by atoms with Gasteiger partial charge in [0, 0.05) is 56.9 Å². The lowest BCUT2D eigenvalue weighted by molar-refractivity contribution is 0.0320. The van der Waals surface area contributed by atoms with Crippen molar-refractivity contribution in [1.82, 2.24) is 20.5 Å². The van der Waals surface area contributed by atoms with Gasteiger partial charge in [0.1, 0.15) is 0 Å². The number of ether oxygens (including phenoxy) is 1. The number of halogens is 1. The van der Waals surface area contributed by atoms with E-state index < -0.39 is 0 Å². The number of hydrogen-bond acceptors (Lipinski definition) is 3. The van der Waals surface area contributed by atoms with Crippen LogP contribution >= 0.6 is 24.0 Å². The number of H-pyrrole nitrogens is 1. The highest BCUT2D eigenvalue weighted by molar-refractivity contribution is 14.0. The molecule has 1 fully saturated rings. The molecule has 2 heterocycles. The molecule has 0 saturated carbocycles. The van der Waals surface area contributed by atoms with Gasteiger partial charge in [0.15, 0.2) is 5.96 Å². The number of nitrogens with one attached hydrogen (secondary N) is 3. The predicted octanol–water partition coefficient (Wildman–Crippen LogP) is 3.02. The van der Waals surface area contributed by atoms with Crippen LogP contribution in [0.3, 0.4) is 0 Å². The first-order valence-corrected chi connectivity index (χ1v) is 10.5. The van der Waals surface area contributed by atoms with Gasteiger partial charge in [0.25, 0.3) is 0 Å². The molecule has 0 amide bonds. The van der Waals surface area contributed by atoms with E-state index in [0.29, 0.717) is 5.92 Å². The Bertz CT molecular complexity index is 770. The van der Waals surface area contributed by atoms with Crippen LogP contribution in [-0.2, 0) is 17.6 Å². The topological polar surface area (TPSA) is 64.7 Å². The summed E-state index contributed by atoms with van der Waals surface area (Å²) in [6.45, 7) is 11.2. The molecule has 1 aliphatic rings. The number of aliphatic imine (C=N–C) groups is 1. The van der Waals surface area contributed by atoms with Crippen molar-refractivity contribution in [3.05, 3.63) is 35.5 Å². The van der Waals surface area contributed by atoms with Crippen molar-refractivity contribution in [1.29, 1.82) is 0 Å². The molecule has 1 aliphatic heterocycles. The second kappa shape index (κ2) is 12.4. The van der Waals surface area contributed by atoms with Crippen LogP contribution in [0.5, 0.6) is 0 Å². The fourth-order valence-electron chi connectivity index (χ4n) is 3.87. The molecule has 0 spiro atoms. The maximum Gasteiger partial charge on any atom is 0.190 e. The van der Waals surface area contributed by atoms with E-state index in [1.54, 1.807) is 0 Å². The summed E-state index contributed by atoms with van der Waals surface area (Å²) in [4.78, 5) is 10.3. The summed E-state index contributed by atoms with van der Waals surface area (Å²) >= 11 is 0. The lowest BCUT2D eigenvalue weighted by Gasteiger charge is -2.29. The van der Waals surface area contributed by atoms with Crippen molar-refractivity contribution in [2.24, 2.45) is 10.9 Å². The number of hydrogen-bond donors (Lipinski definition) is 3. The highest BCUT2D eigenvalue weighted by Gasteiger charge is 2.14. The minimum absolute atomic E-state index is 0. The molecule has 2 aromatic rings. The lowest BCUT2D eigenvalue weighted by Crippen LogP contribution is -2.44. The van der Waals surface area contributed by atoms with Gasteiger partial charge in [-0.25, -0.2) is 0 Å². The third kappa shape index (κ3) is 6.86. The molecule has 0 bridgehead atoms. The number of rotatable bonds is 8. The van der Waals surface area contributed by atoms with Crippen molar-refractivity contribution < 1.29 is 4.74 Å². The van der Waals surface area contributed by atoms with Crippen LogP contribution in [0.1, 0.15) is 25.0 Å². The van der Waals surface area contributed by atoms with Crippen LogP contribution in [-0.4, -0.2) is 68.8 Å². The average molecular weight is 513 g/mol. The van der Waals surface area contributed by atoms with E-state index in [-0.39, 0.29) is 24.0 Å². The van der Waals surface area contributed by atoms with Crippen molar-refractivity contribution in [3.63, 3.8) is 0 Å². The lowest BCUT2D eigenvalue weighted by atomic mass is 10.1. The smallest absolute Gasteiger partial charge is 0.190 e. The molecule has 1 atom stereocenters. The predicted molar refractivity (Wildman–Crippen MR) is 133 cm³/mol. The third-order valence-corrected chi connectivity index (χ3v) is 5.47. The Morgan fingerprint density at radius 3 is 2.76 bits per heavy atom. The number of aryl methyl sites for hydroxylation is 1. The summed E-state index contributed by atoms with van der Waals surface area (Å²) in [6.07, 6.45) is 4.16. The van der Waals surface area contributed by atoms with E-state index in [2.05, 4.69) is 63.8 Å². The summed E-state index contributed by atoms with van der Waals surface area (Å²) in [6, 6.07) is 6.56. The number of morpholine rings is 1. The first-order valence-electron chi connectivity index (χ1n) is 10.5. The van der Waals surface area contributed by atoms with Gasteiger partial charge in [-0.3, -0.25) is 9.89 Å². The van der Waals surface area contributed by atoms with Crippen LogP contribution in [0.2, 0.25) is 0 Å². The SMILES string of the molecule is CCc1cccc2c(CCNC(=NC)NCC(C)CN3CCOCC3)c[nH]c12.I. The molecule has 0 radical (unpaired) electrons. The number of guanidine groups is 1. The number of fused-ring (bicyclic) bond motifs is 1. The Balaban J connectivity index is 0.00000300. The van der Waals surface area contributed by atoms with Gasteiger partial charge >= 0.3 is 0 Å². The second-order valence-electron chi connectivity index (χ2n) is 7.66. The molecule has 1 saturated heterocycles. The number of benzene rings is 1.